The van der Waals surface area contributed by atoms with E-state index in [0.29, 0.717) is 0 Å². The first kappa shape index (κ1) is 16.2. The van der Waals surface area contributed by atoms with Crippen molar-refractivity contribution in [2.45, 2.75) is 45.6 Å². The summed E-state index contributed by atoms with van der Waals surface area (Å²) in [5.41, 5.74) is 1.21. The fourth-order valence-electron chi connectivity index (χ4n) is 2.36. The van der Waals surface area contributed by atoms with Crippen molar-refractivity contribution in [3.63, 3.8) is 0 Å². The number of likely N-dealkylation sites (N-methyl/N-ethyl adjacent to an activating group) is 1. The maximum atomic E-state index is 13.3. The summed E-state index contributed by atoms with van der Waals surface area (Å²) in [7, 11) is 0. The van der Waals surface area contributed by atoms with Gasteiger partial charge in [0.15, 0.2) is 0 Å². The van der Waals surface area contributed by atoms with E-state index < -0.39 is 0 Å². The van der Waals surface area contributed by atoms with Gasteiger partial charge in [-0.25, -0.2) is 4.39 Å². The smallest absolute Gasteiger partial charge is 0.123 e. The van der Waals surface area contributed by atoms with Crippen LogP contribution in [0.4, 0.5) is 4.39 Å². The van der Waals surface area contributed by atoms with Gasteiger partial charge in [0, 0.05) is 15.8 Å². The Morgan fingerprint density at radius 2 is 1.95 bits per heavy atom. The third-order valence-corrected chi connectivity index (χ3v) is 5.11. The first-order chi connectivity index (χ1) is 9.90. The molecule has 1 heterocycles. The average molecular weight is 305 g/mol. The molecule has 114 valence electrons. The van der Waals surface area contributed by atoms with Crippen LogP contribution in [0, 0.1) is 5.82 Å². The first-order valence-corrected chi connectivity index (χ1v) is 8.30. The Morgan fingerprint density at radius 1 is 1.19 bits per heavy atom. The summed E-state index contributed by atoms with van der Waals surface area (Å²) in [5.74, 6) is -0.163. The van der Waals surface area contributed by atoms with Crippen molar-refractivity contribution >= 4 is 11.3 Å². The molecule has 1 N–H and O–H groups in total. The van der Waals surface area contributed by atoms with Gasteiger partial charge in [-0.2, -0.15) is 0 Å². The highest BCUT2D eigenvalue weighted by Gasteiger charge is 2.19. The number of benzene rings is 1. The van der Waals surface area contributed by atoms with Crippen LogP contribution in [0.5, 0.6) is 0 Å². The molecule has 1 atom stereocenters. The Labute approximate surface area is 131 Å². The predicted octanol–water partition coefficient (Wildman–Crippen LogP) is 5.08. The molecule has 0 saturated carbocycles. The Hall–Kier alpha value is -1.19. The molecule has 21 heavy (non-hydrogen) atoms. The van der Waals surface area contributed by atoms with E-state index in [4.69, 9.17) is 0 Å². The number of hydrogen-bond acceptors (Lipinski definition) is 2. The molecule has 0 saturated heterocycles. The molecule has 0 aliphatic rings. The molecule has 2 aromatic rings. The summed E-state index contributed by atoms with van der Waals surface area (Å²) in [4.78, 5) is 2.71. The SMILES string of the molecule is CCNC(Cc1cccc(F)c1)c1ccc(C(C)(C)C)s1. The molecule has 0 amide bonds. The molecule has 2 rings (SSSR count). The second kappa shape index (κ2) is 6.71. The van der Waals surface area contributed by atoms with E-state index in [1.807, 2.05) is 17.4 Å². The van der Waals surface area contributed by atoms with E-state index in [0.717, 1.165) is 18.5 Å². The van der Waals surface area contributed by atoms with Gasteiger partial charge in [0.1, 0.15) is 5.82 Å². The Morgan fingerprint density at radius 3 is 2.52 bits per heavy atom. The first-order valence-electron chi connectivity index (χ1n) is 7.48. The number of hydrogen-bond donors (Lipinski definition) is 1. The van der Waals surface area contributed by atoms with Gasteiger partial charge < -0.3 is 5.32 Å². The highest BCUT2D eigenvalue weighted by molar-refractivity contribution is 7.12. The number of rotatable bonds is 5. The van der Waals surface area contributed by atoms with Crippen molar-refractivity contribution in [2.75, 3.05) is 6.54 Å². The summed E-state index contributed by atoms with van der Waals surface area (Å²) >= 11 is 1.86. The highest BCUT2D eigenvalue weighted by Crippen LogP contribution is 2.33. The molecule has 3 heteroatoms. The minimum Gasteiger partial charge on any atom is -0.309 e. The minimum atomic E-state index is -0.163. The lowest BCUT2D eigenvalue weighted by molar-refractivity contribution is 0.554. The fraction of sp³-hybridized carbons (Fsp3) is 0.444. The maximum absolute atomic E-state index is 13.3. The lowest BCUT2D eigenvalue weighted by Crippen LogP contribution is -2.22. The van der Waals surface area contributed by atoms with Crippen LogP contribution in [0.2, 0.25) is 0 Å². The van der Waals surface area contributed by atoms with Crippen molar-refractivity contribution in [1.29, 1.82) is 0 Å². The normalized spacial score (nSPS) is 13.4. The lowest BCUT2D eigenvalue weighted by atomic mass is 9.95. The zero-order valence-corrected chi connectivity index (χ0v) is 14.1. The molecule has 1 aromatic heterocycles. The summed E-state index contributed by atoms with van der Waals surface area (Å²) in [5, 5.41) is 3.52. The standard InChI is InChI=1S/C18H24FNS/c1-5-20-15(12-13-7-6-8-14(19)11-13)16-9-10-17(21-16)18(2,3)4/h6-11,15,20H,5,12H2,1-4H3. The van der Waals surface area contributed by atoms with Crippen molar-refractivity contribution in [1.82, 2.24) is 5.32 Å². The molecule has 0 spiro atoms. The lowest BCUT2D eigenvalue weighted by Gasteiger charge is -2.18. The molecule has 0 aliphatic carbocycles. The van der Waals surface area contributed by atoms with Crippen LogP contribution < -0.4 is 5.32 Å². The summed E-state index contributed by atoms with van der Waals surface area (Å²) in [6.07, 6.45) is 0.815. The third kappa shape index (κ3) is 4.39. The van der Waals surface area contributed by atoms with Gasteiger partial charge in [0.05, 0.1) is 0 Å². The molecule has 1 aromatic carbocycles. The van der Waals surface area contributed by atoms with Gasteiger partial charge in [0.2, 0.25) is 0 Å². The quantitative estimate of drug-likeness (QED) is 0.812. The zero-order valence-electron chi connectivity index (χ0n) is 13.2. The zero-order chi connectivity index (χ0) is 15.5. The largest absolute Gasteiger partial charge is 0.309 e. The van der Waals surface area contributed by atoms with Gasteiger partial charge in [-0.3, -0.25) is 0 Å². The average Bonchev–Trinajstić information content (AvgIpc) is 2.87. The van der Waals surface area contributed by atoms with E-state index >= 15 is 0 Å². The van der Waals surface area contributed by atoms with E-state index in [-0.39, 0.29) is 17.3 Å². The van der Waals surface area contributed by atoms with E-state index in [1.54, 1.807) is 12.1 Å². The van der Waals surface area contributed by atoms with Gasteiger partial charge in [0.25, 0.3) is 0 Å². The van der Waals surface area contributed by atoms with Crippen LogP contribution in [-0.2, 0) is 11.8 Å². The van der Waals surface area contributed by atoms with Crippen molar-refractivity contribution in [3.8, 4) is 0 Å². The van der Waals surface area contributed by atoms with Gasteiger partial charge in [-0.1, -0.05) is 39.8 Å². The molecule has 0 fully saturated rings. The van der Waals surface area contributed by atoms with Crippen molar-refractivity contribution in [2.24, 2.45) is 0 Å². The molecular weight excluding hydrogens is 281 g/mol. The Kier molecular flexibility index (Phi) is 5.17. The number of nitrogens with one attached hydrogen (secondary N) is 1. The van der Waals surface area contributed by atoms with Crippen molar-refractivity contribution in [3.05, 3.63) is 57.5 Å². The summed E-state index contributed by atoms with van der Waals surface area (Å²) in [6, 6.07) is 11.6. The second-order valence-electron chi connectivity index (χ2n) is 6.40. The van der Waals surface area contributed by atoms with Gasteiger partial charge in [-0.15, -0.1) is 11.3 Å². The topological polar surface area (TPSA) is 12.0 Å². The number of thiophene rings is 1. The third-order valence-electron chi connectivity index (χ3n) is 3.49. The number of halogens is 1. The molecule has 0 bridgehead atoms. The molecule has 0 radical (unpaired) electrons. The van der Waals surface area contributed by atoms with E-state index in [2.05, 4.69) is 45.1 Å². The monoisotopic (exact) mass is 305 g/mol. The molecular formula is C18H24FNS. The fourth-order valence-corrected chi connectivity index (χ4v) is 3.50. The van der Waals surface area contributed by atoms with E-state index in [1.165, 1.54) is 15.8 Å². The molecule has 1 unspecified atom stereocenters. The minimum absolute atomic E-state index is 0.163. The van der Waals surface area contributed by atoms with Crippen LogP contribution in [0.3, 0.4) is 0 Å². The van der Waals surface area contributed by atoms with Crippen LogP contribution in [0.1, 0.15) is 49.1 Å². The van der Waals surface area contributed by atoms with E-state index in [9.17, 15) is 4.39 Å². The van der Waals surface area contributed by atoms with Gasteiger partial charge >= 0.3 is 0 Å². The highest BCUT2D eigenvalue weighted by atomic mass is 32.1. The predicted molar refractivity (Wildman–Crippen MR) is 89.5 cm³/mol. The maximum Gasteiger partial charge on any atom is 0.123 e. The van der Waals surface area contributed by atoms with Gasteiger partial charge in [-0.05, 0) is 48.2 Å². The molecule has 0 aliphatic heterocycles. The van der Waals surface area contributed by atoms with Crippen LogP contribution in [-0.4, -0.2) is 6.54 Å². The molecule has 1 nitrogen and oxygen atoms in total. The van der Waals surface area contributed by atoms with Crippen LogP contribution >= 0.6 is 11.3 Å². The van der Waals surface area contributed by atoms with Crippen molar-refractivity contribution < 1.29 is 4.39 Å². The Bertz CT molecular complexity index is 583. The summed E-state index contributed by atoms with van der Waals surface area (Å²) < 4.78 is 13.3. The second-order valence-corrected chi connectivity index (χ2v) is 7.51. The van der Waals surface area contributed by atoms with Crippen LogP contribution in [0.25, 0.3) is 0 Å². The Balaban J connectivity index is 2.20. The summed E-state index contributed by atoms with van der Waals surface area (Å²) in [6.45, 7) is 9.71. The van der Waals surface area contributed by atoms with Crippen LogP contribution in [0.15, 0.2) is 36.4 Å².